The van der Waals surface area contributed by atoms with Gasteiger partial charge in [0, 0.05) is 17.8 Å². The van der Waals surface area contributed by atoms with Gasteiger partial charge in [0.2, 0.25) is 0 Å². The van der Waals surface area contributed by atoms with E-state index in [-0.39, 0.29) is 11.9 Å². The molecule has 5 nitrogen and oxygen atoms in total. The molecule has 1 fully saturated rings. The molecule has 3 rings (SSSR count). The minimum Gasteiger partial charge on any atom is -0.348 e. The lowest BCUT2D eigenvalue weighted by Gasteiger charge is -2.22. The standard InChI is InChI=1S/C21H28N4O/c1-14(2)17-11-7-8-12-18(17)25-20-13-19(22-15(3)23-20)21(26)24-16-9-5-4-6-10-16/h7-8,11-14,16H,4-6,9-10H2,1-3H3,(H,24,26)(H,22,23,25). The average Bonchev–Trinajstić information content (AvgIpc) is 2.62. The molecule has 5 heteroatoms. The predicted octanol–water partition coefficient (Wildman–Crippen LogP) is 4.71. The summed E-state index contributed by atoms with van der Waals surface area (Å²) < 4.78 is 0. The summed E-state index contributed by atoms with van der Waals surface area (Å²) >= 11 is 0. The van der Waals surface area contributed by atoms with Crippen molar-refractivity contribution >= 4 is 17.4 Å². The number of hydrogen-bond acceptors (Lipinski definition) is 4. The fourth-order valence-corrected chi connectivity index (χ4v) is 3.51. The molecule has 1 aliphatic carbocycles. The van der Waals surface area contributed by atoms with Crippen LogP contribution in [0.2, 0.25) is 0 Å². The lowest BCUT2D eigenvalue weighted by Crippen LogP contribution is -2.36. The minimum atomic E-state index is -0.109. The zero-order chi connectivity index (χ0) is 18.5. The summed E-state index contributed by atoms with van der Waals surface area (Å²) in [6, 6.07) is 10.2. The van der Waals surface area contributed by atoms with E-state index in [1.807, 2.05) is 25.1 Å². The van der Waals surface area contributed by atoms with Crippen LogP contribution in [-0.2, 0) is 0 Å². The fourth-order valence-electron chi connectivity index (χ4n) is 3.51. The topological polar surface area (TPSA) is 66.9 Å². The summed E-state index contributed by atoms with van der Waals surface area (Å²) in [7, 11) is 0. The van der Waals surface area contributed by atoms with Gasteiger partial charge in [0.15, 0.2) is 0 Å². The number of aryl methyl sites for hydroxylation is 1. The Bertz CT molecular complexity index is 766. The second kappa shape index (κ2) is 8.30. The third-order valence-electron chi connectivity index (χ3n) is 4.86. The van der Waals surface area contributed by atoms with Crippen LogP contribution >= 0.6 is 0 Å². The summed E-state index contributed by atoms with van der Waals surface area (Å²) in [5.41, 5.74) is 2.66. The highest BCUT2D eigenvalue weighted by Gasteiger charge is 2.18. The molecule has 1 aromatic heterocycles. The summed E-state index contributed by atoms with van der Waals surface area (Å²) in [4.78, 5) is 21.4. The average molecular weight is 352 g/mol. The van der Waals surface area contributed by atoms with Crippen LogP contribution in [0.15, 0.2) is 30.3 Å². The lowest BCUT2D eigenvalue weighted by molar-refractivity contribution is 0.0922. The van der Waals surface area contributed by atoms with Gasteiger partial charge in [-0.25, -0.2) is 9.97 Å². The van der Waals surface area contributed by atoms with Gasteiger partial charge in [0.1, 0.15) is 17.3 Å². The van der Waals surface area contributed by atoms with Crippen LogP contribution in [0.1, 0.15) is 73.7 Å². The van der Waals surface area contributed by atoms with Crippen molar-refractivity contribution in [2.24, 2.45) is 0 Å². The first-order chi connectivity index (χ1) is 12.5. The molecule has 1 saturated carbocycles. The van der Waals surface area contributed by atoms with Gasteiger partial charge in [0.25, 0.3) is 5.91 Å². The number of amides is 1. The third kappa shape index (κ3) is 4.59. The first-order valence-corrected chi connectivity index (χ1v) is 9.55. The molecule has 2 N–H and O–H groups in total. The predicted molar refractivity (Wildman–Crippen MR) is 105 cm³/mol. The molecule has 0 aliphatic heterocycles. The second-order valence-corrected chi connectivity index (χ2v) is 7.36. The Balaban J connectivity index is 1.78. The molecule has 0 radical (unpaired) electrons. The van der Waals surface area contributed by atoms with Gasteiger partial charge in [-0.05, 0) is 37.3 Å². The van der Waals surface area contributed by atoms with Gasteiger partial charge in [0.05, 0.1) is 0 Å². The Kier molecular flexibility index (Phi) is 5.86. The van der Waals surface area contributed by atoms with Crippen molar-refractivity contribution < 1.29 is 4.79 Å². The van der Waals surface area contributed by atoms with E-state index in [9.17, 15) is 4.79 Å². The number of nitrogens with one attached hydrogen (secondary N) is 2. The number of benzene rings is 1. The van der Waals surface area contributed by atoms with Crippen molar-refractivity contribution in [3.8, 4) is 0 Å². The molecule has 0 spiro atoms. The second-order valence-electron chi connectivity index (χ2n) is 7.36. The summed E-state index contributed by atoms with van der Waals surface area (Å²) in [6.07, 6.45) is 5.76. The van der Waals surface area contributed by atoms with Crippen molar-refractivity contribution in [1.82, 2.24) is 15.3 Å². The van der Waals surface area contributed by atoms with Crippen LogP contribution in [0, 0.1) is 6.92 Å². The lowest BCUT2D eigenvalue weighted by atomic mass is 9.95. The summed E-state index contributed by atoms with van der Waals surface area (Å²) in [6.45, 7) is 6.14. The molecular weight excluding hydrogens is 324 g/mol. The molecular formula is C21H28N4O. The Morgan fingerprint density at radius 1 is 1.12 bits per heavy atom. The molecule has 0 bridgehead atoms. The Hall–Kier alpha value is -2.43. The summed E-state index contributed by atoms with van der Waals surface area (Å²) in [5, 5.41) is 6.49. The van der Waals surface area contributed by atoms with E-state index >= 15 is 0 Å². The van der Waals surface area contributed by atoms with E-state index in [0.29, 0.717) is 23.3 Å². The maximum absolute atomic E-state index is 12.6. The quantitative estimate of drug-likeness (QED) is 0.817. The van der Waals surface area contributed by atoms with Crippen molar-refractivity contribution in [2.75, 3.05) is 5.32 Å². The van der Waals surface area contributed by atoms with Gasteiger partial charge in [-0.3, -0.25) is 4.79 Å². The van der Waals surface area contributed by atoms with Crippen LogP contribution in [0.5, 0.6) is 0 Å². The van der Waals surface area contributed by atoms with E-state index in [1.165, 1.54) is 24.8 Å². The highest BCUT2D eigenvalue weighted by molar-refractivity contribution is 5.93. The molecule has 2 aromatic rings. The first-order valence-electron chi connectivity index (χ1n) is 9.55. The number of carbonyl (C=O) groups excluding carboxylic acids is 1. The Morgan fingerprint density at radius 2 is 1.85 bits per heavy atom. The molecule has 0 atom stereocenters. The maximum atomic E-state index is 12.6. The van der Waals surface area contributed by atoms with Crippen LogP contribution in [-0.4, -0.2) is 21.9 Å². The van der Waals surface area contributed by atoms with Crippen molar-refractivity contribution in [3.05, 3.63) is 47.4 Å². The van der Waals surface area contributed by atoms with E-state index in [1.54, 1.807) is 6.07 Å². The Morgan fingerprint density at radius 3 is 2.58 bits per heavy atom. The van der Waals surface area contributed by atoms with E-state index < -0.39 is 0 Å². The first kappa shape index (κ1) is 18.4. The van der Waals surface area contributed by atoms with Crippen molar-refractivity contribution in [2.45, 2.75) is 64.8 Å². The highest BCUT2D eigenvalue weighted by Crippen LogP contribution is 2.26. The molecule has 26 heavy (non-hydrogen) atoms. The van der Waals surface area contributed by atoms with Gasteiger partial charge in [-0.15, -0.1) is 0 Å². The molecule has 1 aromatic carbocycles. The highest BCUT2D eigenvalue weighted by atomic mass is 16.1. The number of nitrogens with zero attached hydrogens (tertiary/aromatic N) is 2. The van der Waals surface area contributed by atoms with Crippen LogP contribution in [0.4, 0.5) is 11.5 Å². The number of anilines is 2. The molecule has 1 amide bonds. The number of carbonyl (C=O) groups is 1. The van der Waals surface area contributed by atoms with Crippen LogP contribution < -0.4 is 10.6 Å². The number of hydrogen-bond donors (Lipinski definition) is 2. The van der Waals surface area contributed by atoms with Gasteiger partial charge in [-0.1, -0.05) is 51.3 Å². The molecule has 0 unspecified atom stereocenters. The maximum Gasteiger partial charge on any atom is 0.270 e. The molecule has 138 valence electrons. The van der Waals surface area contributed by atoms with Crippen LogP contribution in [0.25, 0.3) is 0 Å². The fraction of sp³-hybridized carbons (Fsp3) is 0.476. The van der Waals surface area contributed by atoms with Crippen molar-refractivity contribution in [3.63, 3.8) is 0 Å². The molecule has 0 saturated heterocycles. The monoisotopic (exact) mass is 352 g/mol. The molecule has 1 aliphatic rings. The Labute approximate surface area is 155 Å². The smallest absolute Gasteiger partial charge is 0.270 e. The SMILES string of the molecule is Cc1nc(Nc2ccccc2C(C)C)cc(C(=O)NC2CCCCC2)n1. The molecule has 1 heterocycles. The van der Waals surface area contributed by atoms with Crippen molar-refractivity contribution in [1.29, 1.82) is 0 Å². The zero-order valence-corrected chi connectivity index (χ0v) is 15.9. The summed E-state index contributed by atoms with van der Waals surface area (Å²) in [5.74, 6) is 1.53. The van der Waals surface area contributed by atoms with Gasteiger partial charge < -0.3 is 10.6 Å². The normalized spacial score (nSPS) is 15.1. The van der Waals surface area contributed by atoms with E-state index in [4.69, 9.17) is 0 Å². The number of para-hydroxylation sites is 1. The number of rotatable bonds is 5. The van der Waals surface area contributed by atoms with E-state index in [2.05, 4.69) is 40.5 Å². The van der Waals surface area contributed by atoms with E-state index in [0.717, 1.165) is 18.5 Å². The van der Waals surface area contributed by atoms with Gasteiger partial charge >= 0.3 is 0 Å². The third-order valence-corrected chi connectivity index (χ3v) is 4.86. The number of aromatic nitrogens is 2. The van der Waals surface area contributed by atoms with Gasteiger partial charge in [-0.2, -0.15) is 0 Å². The minimum absolute atomic E-state index is 0.109. The zero-order valence-electron chi connectivity index (χ0n) is 15.9. The van der Waals surface area contributed by atoms with Crippen LogP contribution in [0.3, 0.4) is 0 Å². The largest absolute Gasteiger partial charge is 0.348 e.